The summed E-state index contributed by atoms with van der Waals surface area (Å²) in [6, 6.07) is 12.5. The minimum Gasteiger partial charge on any atom is -0.497 e. The quantitative estimate of drug-likeness (QED) is 0.583. The summed E-state index contributed by atoms with van der Waals surface area (Å²) >= 11 is 3.33. The van der Waals surface area contributed by atoms with Crippen molar-refractivity contribution in [3.8, 4) is 11.5 Å². The molecule has 2 aromatic rings. The number of oxime groups is 1. The van der Waals surface area contributed by atoms with Gasteiger partial charge in [-0.05, 0) is 37.3 Å². The number of nitrogens with zero attached hydrogens (tertiary/aromatic N) is 1. The maximum atomic E-state index is 12.1. The van der Waals surface area contributed by atoms with Crippen LogP contribution in [0.3, 0.4) is 0 Å². The third-order valence-electron chi connectivity index (χ3n) is 3.61. The number of ether oxygens (including phenoxy) is 2. The molecule has 5 nitrogen and oxygen atoms in total. The molecule has 3 rings (SSSR count). The van der Waals surface area contributed by atoms with Crippen molar-refractivity contribution in [2.75, 3.05) is 7.11 Å². The topological polar surface area (TPSA) is 57.1 Å². The fourth-order valence-corrected chi connectivity index (χ4v) is 2.86. The molecule has 0 spiro atoms. The standard InChI is InChI=1S/C18H16BrNO4/c1-11-8-16(15-7-6-14(22-2)10-17(15)23-11)20-24-18(21)12-4-3-5-13(19)9-12/h3-7,9-11H,8H2,1-2H3/b20-16+/t11-/m1/s1. The summed E-state index contributed by atoms with van der Waals surface area (Å²) in [6.45, 7) is 1.94. The van der Waals surface area contributed by atoms with E-state index in [0.29, 0.717) is 29.2 Å². The van der Waals surface area contributed by atoms with E-state index in [-0.39, 0.29) is 6.10 Å². The van der Waals surface area contributed by atoms with Crippen molar-refractivity contribution >= 4 is 27.6 Å². The van der Waals surface area contributed by atoms with Gasteiger partial charge in [0.05, 0.1) is 18.4 Å². The van der Waals surface area contributed by atoms with Crippen LogP contribution in [0.15, 0.2) is 52.1 Å². The number of carbonyl (C=O) groups is 1. The summed E-state index contributed by atoms with van der Waals surface area (Å²) in [5, 5.41) is 4.07. The molecule has 0 unspecified atom stereocenters. The number of carbonyl (C=O) groups excluding carboxylic acids is 1. The number of methoxy groups -OCH3 is 1. The smallest absolute Gasteiger partial charge is 0.365 e. The van der Waals surface area contributed by atoms with Crippen molar-refractivity contribution in [3.05, 3.63) is 58.1 Å². The average Bonchev–Trinajstić information content (AvgIpc) is 2.58. The van der Waals surface area contributed by atoms with Gasteiger partial charge in [0, 0.05) is 22.5 Å². The number of halogens is 1. The Morgan fingerprint density at radius 3 is 2.88 bits per heavy atom. The zero-order valence-electron chi connectivity index (χ0n) is 13.3. The molecule has 0 aromatic heterocycles. The second-order valence-corrected chi connectivity index (χ2v) is 6.34. The molecule has 0 saturated heterocycles. The van der Waals surface area contributed by atoms with Gasteiger partial charge in [-0.1, -0.05) is 27.2 Å². The lowest BCUT2D eigenvalue weighted by atomic mass is 10.0. The van der Waals surface area contributed by atoms with Crippen molar-refractivity contribution in [3.63, 3.8) is 0 Å². The second-order valence-electron chi connectivity index (χ2n) is 5.42. The molecule has 1 aliphatic heterocycles. The van der Waals surface area contributed by atoms with Crippen LogP contribution < -0.4 is 9.47 Å². The van der Waals surface area contributed by atoms with Gasteiger partial charge in [-0.3, -0.25) is 0 Å². The Morgan fingerprint density at radius 1 is 1.29 bits per heavy atom. The van der Waals surface area contributed by atoms with Crippen molar-refractivity contribution in [2.45, 2.75) is 19.4 Å². The van der Waals surface area contributed by atoms with Gasteiger partial charge in [-0.2, -0.15) is 0 Å². The minimum absolute atomic E-state index is 0.0621. The van der Waals surface area contributed by atoms with Gasteiger partial charge in [0.25, 0.3) is 0 Å². The minimum atomic E-state index is -0.502. The normalized spacial score (nSPS) is 17.8. The average molecular weight is 390 g/mol. The van der Waals surface area contributed by atoms with Crippen molar-refractivity contribution in [1.29, 1.82) is 0 Å². The molecule has 1 heterocycles. The lowest BCUT2D eigenvalue weighted by Crippen LogP contribution is -2.25. The van der Waals surface area contributed by atoms with E-state index in [1.807, 2.05) is 25.1 Å². The third kappa shape index (κ3) is 3.59. The molecule has 0 amide bonds. The highest BCUT2D eigenvalue weighted by atomic mass is 79.9. The fraction of sp³-hybridized carbons (Fsp3) is 0.222. The van der Waals surface area contributed by atoms with Crippen LogP contribution >= 0.6 is 15.9 Å². The maximum absolute atomic E-state index is 12.1. The molecule has 1 aliphatic rings. The van der Waals surface area contributed by atoms with Crippen LogP contribution in [0.1, 0.15) is 29.3 Å². The molecule has 1 atom stereocenters. The molecule has 0 N–H and O–H groups in total. The number of hydrogen-bond donors (Lipinski definition) is 0. The predicted octanol–water partition coefficient (Wildman–Crippen LogP) is 4.19. The van der Waals surface area contributed by atoms with E-state index < -0.39 is 5.97 Å². The summed E-state index contributed by atoms with van der Waals surface area (Å²) in [4.78, 5) is 17.3. The first-order valence-electron chi connectivity index (χ1n) is 7.45. The van der Waals surface area contributed by atoms with Gasteiger partial charge in [0.2, 0.25) is 0 Å². The van der Waals surface area contributed by atoms with Crippen LogP contribution in [0.4, 0.5) is 0 Å². The van der Waals surface area contributed by atoms with Gasteiger partial charge in [0.15, 0.2) is 0 Å². The molecular weight excluding hydrogens is 374 g/mol. The summed E-state index contributed by atoms with van der Waals surface area (Å²) in [7, 11) is 1.60. The summed E-state index contributed by atoms with van der Waals surface area (Å²) < 4.78 is 11.8. The Bertz CT molecular complexity index is 803. The first-order valence-corrected chi connectivity index (χ1v) is 8.25. The Kier molecular flexibility index (Phi) is 4.85. The number of fused-ring (bicyclic) bond motifs is 1. The van der Waals surface area contributed by atoms with Crippen molar-refractivity contribution < 1.29 is 19.1 Å². The van der Waals surface area contributed by atoms with E-state index >= 15 is 0 Å². The molecule has 0 bridgehead atoms. The second kappa shape index (κ2) is 7.05. The van der Waals surface area contributed by atoms with Crippen LogP contribution in [0.25, 0.3) is 0 Å². The zero-order valence-corrected chi connectivity index (χ0v) is 14.9. The number of rotatable bonds is 3. The largest absolute Gasteiger partial charge is 0.497 e. The Balaban J connectivity index is 1.84. The van der Waals surface area contributed by atoms with Gasteiger partial charge in [-0.25, -0.2) is 4.79 Å². The Labute approximate surface area is 148 Å². The van der Waals surface area contributed by atoms with Gasteiger partial charge >= 0.3 is 5.97 Å². The highest BCUT2D eigenvalue weighted by Crippen LogP contribution is 2.31. The SMILES string of the molecule is COc1ccc2c(c1)O[C@H](C)C/C2=N\OC(=O)c1cccc(Br)c1. The Morgan fingerprint density at radius 2 is 2.12 bits per heavy atom. The molecule has 0 radical (unpaired) electrons. The molecule has 0 fully saturated rings. The number of hydrogen-bond acceptors (Lipinski definition) is 5. The fourth-order valence-electron chi connectivity index (χ4n) is 2.46. The van der Waals surface area contributed by atoms with E-state index in [4.69, 9.17) is 14.3 Å². The molecule has 24 heavy (non-hydrogen) atoms. The summed E-state index contributed by atoms with van der Waals surface area (Å²) in [6.07, 6.45) is 0.499. The number of benzene rings is 2. The van der Waals surface area contributed by atoms with E-state index in [0.717, 1.165) is 10.0 Å². The molecule has 0 saturated carbocycles. The molecular formula is C18H16BrNO4. The maximum Gasteiger partial charge on any atom is 0.365 e. The van der Waals surface area contributed by atoms with Crippen LogP contribution in [-0.4, -0.2) is 24.9 Å². The first-order chi connectivity index (χ1) is 11.6. The summed E-state index contributed by atoms with van der Waals surface area (Å²) in [5.41, 5.74) is 1.91. The first kappa shape index (κ1) is 16.5. The van der Waals surface area contributed by atoms with Gasteiger partial charge in [0.1, 0.15) is 17.6 Å². The van der Waals surface area contributed by atoms with Crippen LogP contribution in [0, 0.1) is 0 Å². The van der Waals surface area contributed by atoms with E-state index in [9.17, 15) is 4.79 Å². The van der Waals surface area contributed by atoms with Gasteiger partial charge in [-0.15, -0.1) is 0 Å². The lowest BCUT2D eigenvalue weighted by Gasteiger charge is -2.24. The van der Waals surface area contributed by atoms with Crippen molar-refractivity contribution in [2.24, 2.45) is 5.16 Å². The zero-order chi connectivity index (χ0) is 17.1. The molecule has 2 aromatic carbocycles. The highest BCUT2D eigenvalue weighted by molar-refractivity contribution is 9.10. The van der Waals surface area contributed by atoms with Crippen molar-refractivity contribution in [1.82, 2.24) is 0 Å². The van der Waals surface area contributed by atoms with E-state index in [1.54, 1.807) is 31.4 Å². The Hall–Kier alpha value is -2.34. The van der Waals surface area contributed by atoms with Crippen LogP contribution in [0.5, 0.6) is 11.5 Å². The van der Waals surface area contributed by atoms with E-state index in [1.165, 1.54) is 0 Å². The van der Waals surface area contributed by atoms with Crippen LogP contribution in [0.2, 0.25) is 0 Å². The van der Waals surface area contributed by atoms with Gasteiger partial charge < -0.3 is 14.3 Å². The highest BCUT2D eigenvalue weighted by Gasteiger charge is 2.23. The lowest BCUT2D eigenvalue weighted by molar-refractivity contribution is 0.0513. The summed E-state index contributed by atoms with van der Waals surface area (Å²) in [5.74, 6) is 0.872. The van der Waals surface area contributed by atoms with E-state index in [2.05, 4.69) is 21.1 Å². The molecule has 124 valence electrons. The molecule has 0 aliphatic carbocycles. The van der Waals surface area contributed by atoms with Crippen LogP contribution in [-0.2, 0) is 4.84 Å². The third-order valence-corrected chi connectivity index (χ3v) is 4.10. The molecule has 6 heteroatoms. The monoisotopic (exact) mass is 389 g/mol. The predicted molar refractivity (Wildman–Crippen MR) is 93.8 cm³/mol.